The Morgan fingerprint density at radius 1 is 1.16 bits per heavy atom. The van der Waals surface area contributed by atoms with Crippen LogP contribution in [0.4, 0.5) is 0 Å². The lowest BCUT2D eigenvalue weighted by atomic mass is 10.1. The van der Waals surface area contributed by atoms with Crippen LogP contribution in [0.1, 0.15) is 32.7 Å². The average molecular weight is 263 g/mol. The second-order valence-electron chi connectivity index (χ2n) is 4.50. The molecule has 0 aliphatic carbocycles. The first-order valence-electron chi connectivity index (χ1n) is 6.30. The lowest BCUT2D eigenvalue weighted by Gasteiger charge is -2.13. The van der Waals surface area contributed by atoms with Crippen LogP contribution in [0.2, 0.25) is 0 Å². The molecule has 0 aromatic heterocycles. The third kappa shape index (κ3) is 2.83. The molecule has 1 aromatic rings. The van der Waals surface area contributed by atoms with Gasteiger partial charge in [0.15, 0.2) is 0 Å². The monoisotopic (exact) mass is 263 g/mol. The van der Waals surface area contributed by atoms with Gasteiger partial charge in [0.25, 0.3) is 11.8 Å². The highest BCUT2D eigenvalue weighted by Gasteiger charge is 2.34. The number of imide groups is 1. The fraction of sp³-hybridized carbons (Fsp3) is 0.429. The molecule has 5 heteroatoms. The zero-order valence-electron chi connectivity index (χ0n) is 10.9. The minimum atomic E-state index is -0.234. The SMILES string of the molecule is Cc1ccc2c(c1)C(=O)N(CCCOCCO)C2=O. The maximum atomic E-state index is 12.1. The summed E-state index contributed by atoms with van der Waals surface area (Å²) in [6, 6.07) is 5.28. The second-order valence-corrected chi connectivity index (χ2v) is 4.50. The molecule has 5 nitrogen and oxygen atoms in total. The minimum Gasteiger partial charge on any atom is -0.394 e. The van der Waals surface area contributed by atoms with Crippen LogP contribution in [0.15, 0.2) is 18.2 Å². The molecular formula is C14H17NO4. The largest absolute Gasteiger partial charge is 0.394 e. The molecule has 2 rings (SSSR count). The minimum absolute atomic E-state index is 0.0215. The number of aliphatic hydroxyl groups is 1. The molecule has 0 spiro atoms. The topological polar surface area (TPSA) is 66.8 Å². The Labute approximate surface area is 111 Å². The van der Waals surface area contributed by atoms with E-state index in [0.717, 1.165) is 5.56 Å². The van der Waals surface area contributed by atoms with Crippen LogP contribution in [-0.4, -0.2) is 48.2 Å². The summed E-state index contributed by atoms with van der Waals surface area (Å²) in [5.74, 6) is -0.465. The first-order valence-corrected chi connectivity index (χ1v) is 6.30. The Morgan fingerprint density at radius 2 is 1.89 bits per heavy atom. The van der Waals surface area contributed by atoms with Gasteiger partial charge in [-0.3, -0.25) is 14.5 Å². The summed E-state index contributed by atoms with van der Waals surface area (Å²) in [7, 11) is 0. The number of hydrogen-bond donors (Lipinski definition) is 1. The molecule has 0 atom stereocenters. The average Bonchev–Trinajstić information content (AvgIpc) is 2.63. The van der Waals surface area contributed by atoms with Crippen LogP contribution < -0.4 is 0 Å². The number of fused-ring (bicyclic) bond motifs is 1. The molecule has 1 heterocycles. The first-order chi connectivity index (χ1) is 9.15. The lowest BCUT2D eigenvalue weighted by Crippen LogP contribution is -2.31. The lowest BCUT2D eigenvalue weighted by molar-refractivity contribution is 0.0601. The standard InChI is InChI=1S/C14H17NO4/c1-10-3-4-11-12(9-10)14(18)15(13(11)17)5-2-7-19-8-6-16/h3-4,9,16H,2,5-8H2,1H3. The van der Waals surface area contributed by atoms with Gasteiger partial charge in [0.1, 0.15) is 0 Å². The van der Waals surface area contributed by atoms with Gasteiger partial charge in [-0.15, -0.1) is 0 Å². The first kappa shape index (κ1) is 13.7. The molecule has 0 bridgehead atoms. The van der Waals surface area contributed by atoms with E-state index < -0.39 is 0 Å². The number of carbonyl (C=O) groups is 2. The van der Waals surface area contributed by atoms with Crippen LogP contribution in [0, 0.1) is 6.92 Å². The summed E-state index contributed by atoms with van der Waals surface area (Å²) >= 11 is 0. The Balaban J connectivity index is 1.98. The van der Waals surface area contributed by atoms with Crippen molar-refractivity contribution in [3.8, 4) is 0 Å². The van der Waals surface area contributed by atoms with E-state index in [2.05, 4.69) is 0 Å². The molecule has 0 saturated heterocycles. The number of benzene rings is 1. The van der Waals surface area contributed by atoms with E-state index in [1.54, 1.807) is 12.1 Å². The van der Waals surface area contributed by atoms with Gasteiger partial charge in [0.2, 0.25) is 0 Å². The highest BCUT2D eigenvalue weighted by molar-refractivity contribution is 6.21. The van der Waals surface area contributed by atoms with E-state index in [9.17, 15) is 9.59 Å². The molecule has 0 saturated carbocycles. The molecule has 1 N–H and O–H groups in total. The second kappa shape index (κ2) is 5.95. The third-order valence-electron chi connectivity index (χ3n) is 3.03. The molecule has 2 amide bonds. The van der Waals surface area contributed by atoms with E-state index in [4.69, 9.17) is 9.84 Å². The van der Waals surface area contributed by atoms with Crippen molar-refractivity contribution in [3.05, 3.63) is 34.9 Å². The zero-order valence-corrected chi connectivity index (χ0v) is 10.9. The number of carbonyl (C=O) groups excluding carboxylic acids is 2. The molecular weight excluding hydrogens is 246 g/mol. The highest BCUT2D eigenvalue weighted by atomic mass is 16.5. The van der Waals surface area contributed by atoms with Gasteiger partial charge in [0, 0.05) is 13.2 Å². The van der Waals surface area contributed by atoms with E-state index in [-0.39, 0.29) is 25.0 Å². The summed E-state index contributed by atoms with van der Waals surface area (Å²) in [4.78, 5) is 25.4. The maximum Gasteiger partial charge on any atom is 0.261 e. The van der Waals surface area contributed by atoms with Gasteiger partial charge in [-0.2, -0.15) is 0 Å². The predicted molar refractivity (Wildman–Crippen MR) is 69.1 cm³/mol. The maximum absolute atomic E-state index is 12.1. The number of hydrogen-bond acceptors (Lipinski definition) is 4. The van der Waals surface area contributed by atoms with Crippen LogP contribution >= 0.6 is 0 Å². The van der Waals surface area contributed by atoms with Gasteiger partial charge in [-0.1, -0.05) is 11.6 Å². The van der Waals surface area contributed by atoms with Gasteiger partial charge in [-0.05, 0) is 25.5 Å². The van der Waals surface area contributed by atoms with Crippen molar-refractivity contribution in [1.29, 1.82) is 0 Å². The third-order valence-corrected chi connectivity index (χ3v) is 3.03. The Morgan fingerprint density at radius 3 is 2.63 bits per heavy atom. The molecule has 19 heavy (non-hydrogen) atoms. The Bertz CT molecular complexity index is 498. The summed E-state index contributed by atoms with van der Waals surface area (Å²) in [6.45, 7) is 2.92. The summed E-state index contributed by atoms with van der Waals surface area (Å²) in [6.07, 6.45) is 0.574. The molecule has 102 valence electrons. The predicted octanol–water partition coefficient (Wildman–Crippen LogP) is 0.990. The Kier molecular flexibility index (Phi) is 4.29. The van der Waals surface area contributed by atoms with Gasteiger partial charge < -0.3 is 9.84 Å². The van der Waals surface area contributed by atoms with E-state index >= 15 is 0 Å². The number of ether oxygens (including phenoxy) is 1. The van der Waals surface area contributed by atoms with Crippen molar-refractivity contribution in [2.45, 2.75) is 13.3 Å². The smallest absolute Gasteiger partial charge is 0.261 e. The summed E-state index contributed by atoms with van der Waals surface area (Å²) in [5, 5.41) is 8.56. The number of nitrogens with zero attached hydrogens (tertiary/aromatic N) is 1. The van der Waals surface area contributed by atoms with Gasteiger partial charge >= 0.3 is 0 Å². The van der Waals surface area contributed by atoms with Crippen molar-refractivity contribution < 1.29 is 19.4 Å². The number of amides is 2. The zero-order chi connectivity index (χ0) is 13.8. The van der Waals surface area contributed by atoms with Crippen molar-refractivity contribution in [2.75, 3.05) is 26.4 Å². The molecule has 0 radical (unpaired) electrons. The molecule has 0 fully saturated rings. The van der Waals surface area contributed by atoms with Crippen molar-refractivity contribution >= 4 is 11.8 Å². The van der Waals surface area contributed by atoms with Gasteiger partial charge in [0.05, 0.1) is 24.3 Å². The van der Waals surface area contributed by atoms with E-state index in [1.807, 2.05) is 13.0 Å². The van der Waals surface area contributed by atoms with Crippen LogP contribution in [0.5, 0.6) is 0 Å². The fourth-order valence-corrected chi connectivity index (χ4v) is 2.10. The number of aryl methyl sites for hydroxylation is 1. The molecule has 0 unspecified atom stereocenters. The molecule has 1 aliphatic rings. The fourth-order valence-electron chi connectivity index (χ4n) is 2.10. The summed E-state index contributed by atoms with van der Waals surface area (Å²) in [5.41, 5.74) is 1.93. The normalized spacial score (nSPS) is 14.1. The van der Waals surface area contributed by atoms with Gasteiger partial charge in [-0.25, -0.2) is 0 Å². The van der Waals surface area contributed by atoms with Crippen LogP contribution in [-0.2, 0) is 4.74 Å². The van der Waals surface area contributed by atoms with Crippen LogP contribution in [0.25, 0.3) is 0 Å². The number of aliphatic hydroxyl groups excluding tert-OH is 1. The molecule has 1 aliphatic heterocycles. The van der Waals surface area contributed by atoms with E-state index in [0.29, 0.717) is 30.7 Å². The Hall–Kier alpha value is -1.72. The quantitative estimate of drug-likeness (QED) is 0.614. The highest BCUT2D eigenvalue weighted by Crippen LogP contribution is 2.23. The summed E-state index contributed by atoms with van der Waals surface area (Å²) < 4.78 is 5.11. The van der Waals surface area contributed by atoms with Crippen molar-refractivity contribution in [3.63, 3.8) is 0 Å². The number of rotatable bonds is 6. The van der Waals surface area contributed by atoms with Crippen molar-refractivity contribution in [2.24, 2.45) is 0 Å². The molecule has 1 aromatic carbocycles. The van der Waals surface area contributed by atoms with Crippen molar-refractivity contribution in [1.82, 2.24) is 4.90 Å². The van der Waals surface area contributed by atoms with E-state index in [1.165, 1.54) is 4.90 Å². The van der Waals surface area contributed by atoms with Crippen LogP contribution in [0.3, 0.4) is 0 Å².